The van der Waals surface area contributed by atoms with Crippen molar-refractivity contribution < 1.29 is 4.74 Å². The van der Waals surface area contributed by atoms with Crippen LogP contribution in [0, 0.1) is 17.2 Å². The molecular formula is C15H14N2O. The normalized spacial score (nSPS) is 23.7. The highest BCUT2D eigenvalue weighted by Crippen LogP contribution is 2.35. The number of hydrogen-bond acceptors (Lipinski definition) is 3. The average Bonchev–Trinajstić information content (AvgIpc) is 2.46. The summed E-state index contributed by atoms with van der Waals surface area (Å²) in [5.74, 6) is -0.0636. The first-order chi connectivity index (χ1) is 8.90. The van der Waals surface area contributed by atoms with Crippen molar-refractivity contribution in [1.82, 2.24) is 4.98 Å². The van der Waals surface area contributed by atoms with Crippen molar-refractivity contribution in [1.29, 1.82) is 5.26 Å². The molecule has 0 spiro atoms. The Morgan fingerprint density at radius 3 is 3.06 bits per heavy atom. The van der Waals surface area contributed by atoms with Gasteiger partial charge in [0.05, 0.1) is 17.5 Å². The number of nitriles is 1. The molecule has 0 saturated carbocycles. The number of rotatable bonds is 1. The molecule has 3 rings (SSSR count). The molecule has 2 heterocycles. The van der Waals surface area contributed by atoms with Gasteiger partial charge in [0.2, 0.25) is 0 Å². The van der Waals surface area contributed by atoms with E-state index in [1.165, 1.54) is 0 Å². The summed E-state index contributed by atoms with van der Waals surface area (Å²) in [6, 6.07) is 12.4. The summed E-state index contributed by atoms with van der Waals surface area (Å²) in [6.07, 6.45) is 3.52. The SMILES string of the molecule is N#CC1CCCOC1c1cccc2cccnc12. The second-order valence-corrected chi connectivity index (χ2v) is 4.59. The monoisotopic (exact) mass is 238 g/mol. The fourth-order valence-corrected chi connectivity index (χ4v) is 2.58. The predicted octanol–water partition coefficient (Wildman–Crippen LogP) is 3.23. The van der Waals surface area contributed by atoms with Crippen LogP contribution in [0.3, 0.4) is 0 Å². The van der Waals surface area contributed by atoms with E-state index in [1.807, 2.05) is 30.3 Å². The molecule has 1 aromatic heterocycles. The molecule has 18 heavy (non-hydrogen) atoms. The van der Waals surface area contributed by atoms with E-state index in [2.05, 4.69) is 11.1 Å². The Labute approximate surface area is 106 Å². The minimum absolute atomic E-state index is 0.0636. The molecule has 2 unspecified atom stereocenters. The summed E-state index contributed by atoms with van der Waals surface area (Å²) in [5.41, 5.74) is 1.99. The van der Waals surface area contributed by atoms with Crippen molar-refractivity contribution in [3.8, 4) is 6.07 Å². The number of hydrogen-bond donors (Lipinski definition) is 0. The van der Waals surface area contributed by atoms with E-state index in [4.69, 9.17) is 4.74 Å². The number of ether oxygens (including phenoxy) is 1. The van der Waals surface area contributed by atoms with E-state index in [0.717, 1.165) is 35.9 Å². The van der Waals surface area contributed by atoms with Crippen molar-refractivity contribution >= 4 is 10.9 Å². The number of para-hydroxylation sites is 1. The Kier molecular flexibility index (Phi) is 2.95. The van der Waals surface area contributed by atoms with E-state index in [1.54, 1.807) is 6.20 Å². The van der Waals surface area contributed by atoms with E-state index < -0.39 is 0 Å². The topological polar surface area (TPSA) is 45.9 Å². The Morgan fingerprint density at radius 2 is 2.17 bits per heavy atom. The van der Waals surface area contributed by atoms with Crippen molar-refractivity contribution in [3.63, 3.8) is 0 Å². The summed E-state index contributed by atoms with van der Waals surface area (Å²) in [6.45, 7) is 0.728. The second kappa shape index (κ2) is 4.75. The first kappa shape index (κ1) is 11.2. The molecule has 90 valence electrons. The van der Waals surface area contributed by atoms with Crippen LogP contribution in [-0.4, -0.2) is 11.6 Å². The van der Waals surface area contributed by atoms with Gasteiger partial charge >= 0.3 is 0 Å². The smallest absolute Gasteiger partial charge is 0.100 e. The Balaban J connectivity index is 2.11. The molecule has 1 aromatic carbocycles. The third kappa shape index (κ3) is 1.85. The zero-order valence-corrected chi connectivity index (χ0v) is 10.0. The molecule has 0 N–H and O–H groups in total. The van der Waals surface area contributed by atoms with Gasteiger partial charge in [-0.1, -0.05) is 24.3 Å². The lowest BCUT2D eigenvalue weighted by atomic mass is 9.89. The number of pyridine rings is 1. The Hall–Kier alpha value is -1.92. The maximum atomic E-state index is 9.24. The number of nitrogens with zero attached hydrogens (tertiary/aromatic N) is 2. The van der Waals surface area contributed by atoms with Crippen LogP contribution in [0.2, 0.25) is 0 Å². The second-order valence-electron chi connectivity index (χ2n) is 4.59. The number of aromatic nitrogens is 1. The Morgan fingerprint density at radius 1 is 1.28 bits per heavy atom. The van der Waals surface area contributed by atoms with E-state index in [0.29, 0.717) is 0 Å². The van der Waals surface area contributed by atoms with Gasteiger partial charge in [-0.2, -0.15) is 5.26 Å². The van der Waals surface area contributed by atoms with Crippen LogP contribution in [0.1, 0.15) is 24.5 Å². The Bertz CT molecular complexity index is 597. The number of fused-ring (bicyclic) bond motifs is 1. The van der Waals surface area contributed by atoms with Gasteiger partial charge in [0.25, 0.3) is 0 Å². The molecule has 0 aliphatic carbocycles. The molecule has 1 saturated heterocycles. The van der Waals surface area contributed by atoms with Gasteiger partial charge in [-0.15, -0.1) is 0 Å². The lowest BCUT2D eigenvalue weighted by molar-refractivity contribution is -0.00934. The van der Waals surface area contributed by atoms with E-state index in [-0.39, 0.29) is 12.0 Å². The molecule has 1 fully saturated rings. The highest BCUT2D eigenvalue weighted by atomic mass is 16.5. The van der Waals surface area contributed by atoms with Crippen molar-refractivity contribution in [2.24, 2.45) is 5.92 Å². The minimum atomic E-state index is -0.137. The summed E-state index contributed by atoms with van der Waals surface area (Å²) >= 11 is 0. The molecule has 1 aliphatic heterocycles. The number of benzene rings is 1. The molecule has 0 amide bonds. The summed E-state index contributed by atoms with van der Waals surface area (Å²) < 4.78 is 5.81. The van der Waals surface area contributed by atoms with Crippen molar-refractivity contribution in [2.45, 2.75) is 18.9 Å². The zero-order chi connectivity index (χ0) is 12.4. The minimum Gasteiger partial charge on any atom is -0.372 e. The predicted molar refractivity (Wildman–Crippen MR) is 68.8 cm³/mol. The lowest BCUT2D eigenvalue weighted by Crippen LogP contribution is -2.21. The van der Waals surface area contributed by atoms with E-state index >= 15 is 0 Å². The molecule has 0 bridgehead atoms. The largest absolute Gasteiger partial charge is 0.372 e. The molecule has 0 radical (unpaired) electrons. The average molecular weight is 238 g/mol. The van der Waals surface area contributed by atoms with Crippen LogP contribution in [0.4, 0.5) is 0 Å². The molecule has 2 atom stereocenters. The van der Waals surface area contributed by atoms with Gasteiger partial charge in [-0.3, -0.25) is 4.98 Å². The van der Waals surface area contributed by atoms with Crippen LogP contribution < -0.4 is 0 Å². The quantitative estimate of drug-likeness (QED) is 0.766. The fourth-order valence-electron chi connectivity index (χ4n) is 2.58. The van der Waals surface area contributed by atoms with Crippen LogP contribution in [-0.2, 0) is 4.74 Å². The van der Waals surface area contributed by atoms with Gasteiger partial charge < -0.3 is 4.74 Å². The molecular weight excluding hydrogens is 224 g/mol. The van der Waals surface area contributed by atoms with Gasteiger partial charge in [-0.05, 0) is 18.9 Å². The molecule has 2 aromatic rings. The van der Waals surface area contributed by atoms with Crippen LogP contribution in [0.25, 0.3) is 10.9 Å². The van der Waals surface area contributed by atoms with Gasteiger partial charge in [0.1, 0.15) is 6.10 Å². The summed E-state index contributed by atoms with van der Waals surface area (Å²) in [5, 5.41) is 10.3. The highest BCUT2D eigenvalue weighted by molar-refractivity contribution is 5.82. The van der Waals surface area contributed by atoms with Gasteiger partial charge in [0, 0.05) is 23.8 Å². The highest BCUT2D eigenvalue weighted by Gasteiger charge is 2.28. The van der Waals surface area contributed by atoms with Crippen molar-refractivity contribution in [2.75, 3.05) is 6.61 Å². The maximum absolute atomic E-state index is 9.24. The van der Waals surface area contributed by atoms with E-state index in [9.17, 15) is 5.26 Å². The lowest BCUT2D eigenvalue weighted by Gasteiger charge is -2.28. The standard InChI is InChI=1S/C15H14N2O/c16-10-12-6-3-9-18-15(12)13-7-1-4-11-5-2-8-17-14(11)13/h1-2,4-5,7-8,12,15H,3,6,9H2. The first-order valence-electron chi connectivity index (χ1n) is 6.25. The van der Waals surface area contributed by atoms with Gasteiger partial charge in [-0.25, -0.2) is 0 Å². The summed E-state index contributed by atoms with van der Waals surface area (Å²) in [4.78, 5) is 4.44. The van der Waals surface area contributed by atoms with Crippen LogP contribution in [0.5, 0.6) is 0 Å². The zero-order valence-electron chi connectivity index (χ0n) is 10.0. The fraction of sp³-hybridized carbons (Fsp3) is 0.333. The van der Waals surface area contributed by atoms with Crippen LogP contribution in [0.15, 0.2) is 36.5 Å². The molecule has 1 aliphatic rings. The summed E-state index contributed by atoms with van der Waals surface area (Å²) in [7, 11) is 0. The molecule has 3 heteroatoms. The van der Waals surface area contributed by atoms with Crippen LogP contribution >= 0.6 is 0 Å². The maximum Gasteiger partial charge on any atom is 0.100 e. The third-order valence-electron chi connectivity index (χ3n) is 3.46. The molecule has 3 nitrogen and oxygen atoms in total. The first-order valence-corrected chi connectivity index (χ1v) is 6.25. The van der Waals surface area contributed by atoms with Crippen molar-refractivity contribution in [3.05, 3.63) is 42.1 Å². The third-order valence-corrected chi connectivity index (χ3v) is 3.46. The van der Waals surface area contributed by atoms with Gasteiger partial charge in [0.15, 0.2) is 0 Å².